The van der Waals surface area contributed by atoms with E-state index in [2.05, 4.69) is 0 Å². The Morgan fingerprint density at radius 2 is 1.03 bits per heavy atom. The summed E-state index contributed by atoms with van der Waals surface area (Å²) in [4.78, 5) is 0. The van der Waals surface area contributed by atoms with Crippen molar-refractivity contribution in [3.8, 4) is 0 Å². The zero-order valence-electron chi connectivity index (χ0n) is 17.2. The third kappa shape index (κ3) is 5.25. The number of rotatable bonds is 6. The molecule has 0 aliphatic heterocycles. The fourth-order valence-corrected chi connectivity index (χ4v) is 5.32. The highest BCUT2D eigenvalue weighted by Gasteiger charge is 2.33. The molecule has 0 spiro atoms. The molecule has 3 heteroatoms. The second kappa shape index (κ2) is 9.84. The van der Waals surface area contributed by atoms with Crippen molar-refractivity contribution in [1.29, 1.82) is 0 Å². The lowest BCUT2D eigenvalue weighted by atomic mass is 9.80. The number of ether oxygens (including phenoxy) is 1. The second-order valence-electron chi connectivity index (χ2n) is 8.88. The topological polar surface area (TPSA) is 9.23 Å². The molecule has 1 nitrogen and oxygen atoms in total. The molecule has 29 heavy (non-hydrogen) atoms. The highest BCUT2D eigenvalue weighted by Crippen LogP contribution is 2.44. The van der Waals surface area contributed by atoms with Gasteiger partial charge in [-0.3, -0.25) is 0 Å². The lowest BCUT2D eigenvalue weighted by molar-refractivity contribution is -0.0865. The molecular weight excluding hydrogens is 366 g/mol. The third-order valence-corrected chi connectivity index (χ3v) is 6.80. The molecular formula is C26H32F2O. The third-order valence-electron chi connectivity index (χ3n) is 6.80. The fraction of sp³-hybridized carbons (Fsp3) is 0.538. The molecule has 0 heterocycles. The first kappa shape index (κ1) is 20.5. The predicted octanol–water partition coefficient (Wildman–Crippen LogP) is 7.92. The SMILES string of the molecule is Fc1cccc(C(OC(c2cccc(F)c2)C2CCCCC2)C2CCCCC2)c1. The molecule has 2 saturated carbocycles. The number of halogens is 2. The monoisotopic (exact) mass is 398 g/mol. The number of hydrogen-bond acceptors (Lipinski definition) is 1. The largest absolute Gasteiger partial charge is 0.365 e. The minimum atomic E-state index is -0.216. The first-order valence-corrected chi connectivity index (χ1v) is 11.4. The van der Waals surface area contributed by atoms with E-state index in [-0.39, 0.29) is 23.8 Å². The Morgan fingerprint density at radius 1 is 0.621 bits per heavy atom. The number of benzene rings is 2. The van der Waals surface area contributed by atoms with E-state index in [0.29, 0.717) is 11.8 Å². The normalized spacial score (nSPS) is 21.0. The van der Waals surface area contributed by atoms with Gasteiger partial charge in [0.25, 0.3) is 0 Å². The summed E-state index contributed by atoms with van der Waals surface area (Å²) < 4.78 is 35.0. The van der Waals surface area contributed by atoms with Crippen molar-refractivity contribution in [1.82, 2.24) is 0 Å². The molecule has 4 rings (SSSR count). The van der Waals surface area contributed by atoms with Gasteiger partial charge in [0.15, 0.2) is 0 Å². The summed E-state index contributed by atoms with van der Waals surface area (Å²) in [6.45, 7) is 0. The van der Waals surface area contributed by atoms with Crippen molar-refractivity contribution >= 4 is 0 Å². The Morgan fingerprint density at radius 3 is 1.41 bits per heavy atom. The Balaban J connectivity index is 1.66. The van der Waals surface area contributed by atoms with Gasteiger partial charge in [0, 0.05) is 0 Å². The summed E-state index contributed by atoms with van der Waals surface area (Å²) in [5.74, 6) is 0.356. The molecule has 2 aliphatic carbocycles. The van der Waals surface area contributed by atoms with Crippen molar-refractivity contribution in [2.75, 3.05) is 0 Å². The van der Waals surface area contributed by atoms with Crippen molar-refractivity contribution in [3.05, 3.63) is 71.3 Å². The molecule has 2 aromatic carbocycles. The van der Waals surface area contributed by atoms with Crippen LogP contribution in [0.15, 0.2) is 48.5 Å². The van der Waals surface area contributed by atoms with Crippen LogP contribution in [0.1, 0.15) is 87.5 Å². The van der Waals surface area contributed by atoms with E-state index in [1.807, 2.05) is 12.1 Å². The van der Waals surface area contributed by atoms with E-state index in [4.69, 9.17) is 4.74 Å². The van der Waals surface area contributed by atoms with Crippen LogP contribution in [-0.2, 0) is 4.74 Å². The van der Waals surface area contributed by atoms with Gasteiger partial charge in [0.1, 0.15) is 11.6 Å². The summed E-state index contributed by atoms with van der Waals surface area (Å²) in [5.41, 5.74) is 1.85. The van der Waals surface area contributed by atoms with Gasteiger partial charge in [0.05, 0.1) is 12.2 Å². The Labute approximate surface area is 173 Å². The Kier molecular flexibility index (Phi) is 6.97. The van der Waals surface area contributed by atoms with E-state index in [9.17, 15) is 8.78 Å². The van der Waals surface area contributed by atoms with Gasteiger partial charge in [-0.05, 0) is 72.9 Å². The van der Waals surface area contributed by atoms with Gasteiger partial charge in [-0.2, -0.15) is 0 Å². The summed E-state index contributed by atoms with van der Waals surface area (Å²) in [6.07, 6.45) is 11.5. The van der Waals surface area contributed by atoms with Crippen LogP contribution in [0.5, 0.6) is 0 Å². The van der Waals surface area contributed by atoms with Crippen LogP contribution < -0.4 is 0 Å². The minimum absolute atomic E-state index is 0.138. The summed E-state index contributed by atoms with van der Waals surface area (Å²) in [5, 5.41) is 0. The van der Waals surface area contributed by atoms with Crippen molar-refractivity contribution in [2.45, 2.75) is 76.4 Å². The summed E-state index contributed by atoms with van der Waals surface area (Å²) >= 11 is 0. The second-order valence-corrected chi connectivity index (χ2v) is 8.88. The Hall–Kier alpha value is -1.74. The summed E-state index contributed by atoms with van der Waals surface area (Å²) in [7, 11) is 0. The lowest BCUT2D eigenvalue weighted by Gasteiger charge is -2.38. The summed E-state index contributed by atoms with van der Waals surface area (Å²) in [6, 6.07) is 13.8. The highest BCUT2D eigenvalue weighted by molar-refractivity contribution is 5.23. The average Bonchev–Trinajstić information content (AvgIpc) is 2.76. The maximum atomic E-state index is 14.1. The highest BCUT2D eigenvalue weighted by atomic mass is 19.1. The molecule has 2 aromatic rings. The standard InChI is InChI=1S/C26H32F2O/c27-23-15-7-13-21(17-23)25(19-9-3-1-4-10-19)29-26(20-11-5-2-6-12-20)22-14-8-16-24(28)18-22/h7-8,13-20,25-26H,1-6,9-12H2. The maximum absolute atomic E-state index is 14.1. The van der Waals surface area contributed by atoms with E-state index in [0.717, 1.165) is 36.8 Å². The van der Waals surface area contributed by atoms with Gasteiger partial charge in [-0.1, -0.05) is 62.8 Å². The minimum Gasteiger partial charge on any atom is -0.365 e. The van der Waals surface area contributed by atoms with Gasteiger partial charge < -0.3 is 4.74 Å². The molecule has 156 valence electrons. The molecule has 0 amide bonds. The van der Waals surface area contributed by atoms with Crippen molar-refractivity contribution < 1.29 is 13.5 Å². The van der Waals surface area contributed by atoms with Crippen LogP contribution in [0.4, 0.5) is 8.78 Å². The molecule has 0 saturated heterocycles. The molecule has 2 atom stereocenters. The Bertz CT molecular complexity index is 712. The average molecular weight is 399 g/mol. The first-order chi connectivity index (χ1) is 14.2. The molecule has 0 N–H and O–H groups in total. The van der Waals surface area contributed by atoms with Crippen LogP contribution in [0.3, 0.4) is 0 Å². The molecule has 0 bridgehead atoms. The van der Waals surface area contributed by atoms with E-state index < -0.39 is 0 Å². The maximum Gasteiger partial charge on any atom is 0.123 e. The first-order valence-electron chi connectivity index (χ1n) is 11.4. The van der Waals surface area contributed by atoms with Crippen LogP contribution in [0.25, 0.3) is 0 Å². The van der Waals surface area contributed by atoms with Gasteiger partial charge in [-0.15, -0.1) is 0 Å². The van der Waals surface area contributed by atoms with E-state index in [1.54, 1.807) is 24.3 Å². The quantitative estimate of drug-likeness (QED) is 0.480. The van der Waals surface area contributed by atoms with Crippen molar-refractivity contribution in [2.24, 2.45) is 11.8 Å². The van der Waals surface area contributed by atoms with Gasteiger partial charge in [0.2, 0.25) is 0 Å². The van der Waals surface area contributed by atoms with Gasteiger partial charge in [-0.25, -0.2) is 8.78 Å². The van der Waals surface area contributed by atoms with Crippen LogP contribution >= 0.6 is 0 Å². The van der Waals surface area contributed by atoms with E-state index >= 15 is 0 Å². The zero-order chi connectivity index (χ0) is 20.1. The molecule has 0 radical (unpaired) electrons. The van der Waals surface area contributed by atoms with Crippen LogP contribution in [0, 0.1) is 23.5 Å². The molecule has 2 aliphatic rings. The van der Waals surface area contributed by atoms with Gasteiger partial charge >= 0.3 is 0 Å². The van der Waals surface area contributed by atoms with Crippen LogP contribution in [0.2, 0.25) is 0 Å². The zero-order valence-corrected chi connectivity index (χ0v) is 17.2. The smallest absolute Gasteiger partial charge is 0.123 e. The molecule has 0 aromatic heterocycles. The number of hydrogen-bond donors (Lipinski definition) is 0. The fourth-order valence-electron chi connectivity index (χ4n) is 5.32. The molecule has 2 unspecified atom stereocenters. The van der Waals surface area contributed by atoms with Crippen LogP contribution in [-0.4, -0.2) is 0 Å². The van der Waals surface area contributed by atoms with Crippen molar-refractivity contribution in [3.63, 3.8) is 0 Å². The van der Waals surface area contributed by atoms with E-state index in [1.165, 1.54) is 50.7 Å². The predicted molar refractivity (Wildman–Crippen MR) is 113 cm³/mol. The lowest BCUT2D eigenvalue weighted by Crippen LogP contribution is -2.26. The molecule has 2 fully saturated rings.